The van der Waals surface area contributed by atoms with Gasteiger partial charge in [-0.15, -0.1) is 0 Å². The van der Waals surface area contributed by atoms with Crippen LogP contribution in [0, 0.1) is 0 Å². The van der Waals surface area contributed by atoms with Crippen molar-refractivity contribution in [3.63, 3.8) is 0 Å². The first-order chi connectivity index (χ1) is 2.77. The van der Waals surface area contributed by atoms with E-state index in [2.05, 4.69) is 9.78 Å². The Labute approximate surface area is 62.1 Å². The third-order valence-electron chi connectivity index (χ3n) is 0.201. The molecule has 0 amide bonds. The van der Waals surface area contributed by atoms with Gasteiger partial charge in [0.25, 0.3) is 0 Å². The second kappa shape index (κ2) is 6.35. The Morgan fingerprint density at radius 3 is 2.00 bits per heavy atom. The minimum atomic E-state index is -0.433. The normalized spacial score (nSPS) is 6.57. The predicted octanol–water partition coefficient (Wildman–Crippen LogP) is -0.805. The van der Waals surface area contributed by atoms with E-state index < -0.39 is 5.97 Å². The molecule has 42 valence electrons. The number of hydrogen-bond acceptors (Lipinski definition) is 3. The summed E-state index contributed by atoms with van der Waals surface area (Å²) in [7, 11) is 1.28. The van der Waals surface area contributed by atoms with Crippen LogP contribution in [0.15, 0.2) is 0 Å². The van der Waals surface area contributed by atoms with Crippen LogP contribution in [0.5, 0.6) is 0 Å². The topological polar surface area (TPSA) is 35.5 Å². The van der Waals surface area contributed by atoms with Gasteiger partial charge in [0.2, 0.25) is 0 Å². The maximum absolute atomic E-state index is 9.70. The number of carbonyl (C=O) groups excluding carboxylic acids is 1. The van der Waals surface area contributed by atoms with Gasteiger partial charge < -0.3 is 0 Å². The van der Waals surface area contributed by atoms with Crippen LogP contribution < -0.4 is 0 Å². The van der Waals surface area contributed by atoms with Crippen LogP contribution in [-0.2, 0) is 14.6 Å². The Bertz CT molecular complexity index is 54.1. The van der Waals surface area contributed by atoms with Crippen molar-refractivity contribution in [2.24, 2.45) is 0 Å². The van der Waals surface area contributed by atoms with E-state index >= 15 is 0 Å². The Morgan fingerprint density at radius 1 is 1.57 bits per heavy atom. The molecule has 2 radical (unpaired) electrons. The van der Waals surface area contributed by atoms with Gasteiger partial charge in [-0.3, -0.25) is 4.89 Å². The number of carbonyl (C=O) groups is 1. The first-order valence-electron chi connectivity index (χ1n) is 1.48. The molecule has 0 aromatic heterocycles. The van der Waals surface area contributed by atoms with Crippen LogP contribution in [0.25, 0.3) is 0 Å². The molecule has 0 heterocycles. The third kappa shape index (κ3) is 10.7. The van der Waals surface area contributed by atoms with Crippen molar-refractivity contribution in [1.29, 1.82) is 0 Å². The van der Waals surface area contributed by atoms with Crippen molar-refractivity contribution in [2.75, 3.05) is 7.11 Å². The molecule has 0 saturated carbocycles. The van der Waals surface area contributed by atoms with Gasteiger partial charge in [-0.05, 0) is 0 Å². The van der Waals surface area contributed by atoms with Gasteiger partial charge in [0.1, 0.15) is 0 Å². The van der Waals surface area contributed by atoms with Crippen LogP contribution in [0.2, 0.25) is 0 Å². The van der Waals surface area contributed by atoms with Gasteiger partial charge >= 0.3 is 33.3 Å². The Kier molecular flexibility index (Phi) is 9.40. The average Bonchev–Trinajstić information content (AvgIpc) is 1.35. The van der Waals surface area contributed by atoms with E-state index in [4.69, 9.17) is 0 Å². The van der Waals surface area contributed by atoms with E-state index in [-0.39, 0.29) is 27.3 Å². The summed E-state index contributed by atoms with van der Waals surface area (Å²) >= 11 is 0. The Hall–Kier alpha value is 0.352. The summed E-state index contributed by atoms with van der Waals surface area (Å²) in [5, 5.41) is 0. The fourth-order valence-corrected chi connectivity index (χ4v) is 0.117. The molecule has 0 aromatic carbocycles. The molecule has 0 aliphatic rings. The molecule has 3 nitrogen and oxygen atoms in total. The molecule has 0 N–H and O–H groups in total. The fraction of sp³-hybridized carbons (Fsp3) is 0.667. The predicted molar refractivity (Wildman–Crippen MR) is 27.3 cm³/mol. The van der Waals surface area contributed by atoms with E-state index in [1.807, 2.05) is 0 Å². The Morgan fingerprint density at radius 2 is 2.00 bits per heavy atom. The number of rotatable bonds is 1. The van der Waals surface area contributed by atoms with Crippen molar-refractivity contribution in [3.8, 4) is 0 Å². The zero-order valence-electron chi connectivity index (χ0n) is 4.43. The quantitative estimate of drug-likeness (QED) is 0.361. The van der Waals surface area contributed by atoms with E-state index in [0.717, 1.165) is 0 Å². The molecule has 0 saturated heterocycles. The van der Waals surface area contributed by atoms with E-state index in [0.29, 0.717) is 0 Å². The molecule has 0 spiro atoms. The van der Waals surface area contributed by atoms with Crippen molar-refractivity contribution in [3.05, 3.63) is 0 Å². The second-order valence-corrected chi connectivity index (χ2v) is 0.742. The third-order valence-corrected chi connectivity index (χ3v) is 0.201. The van der Waals surface area contributed by atoms with E-state index in [1.54, 1.807) is 0 Å². The SMILES string of the molecule is COOC(C)=O.[PbH2]. The monoisotopic (exact) mass is 300 g/mol. The van der Waals surface area contributed by atoms with Crippen molar-refractivity contribution in [2.45, 2.75) is 6.92 Å². The molecule has 0 unspecified atom stereocenters. The maximum atomic E-state index is 9.70. The van der Waals surface area contributed by atoms with Crippen molar-refractivity contribution in [1.82, 2.24) is 0 Å². The second-order valence-electron chi connectivity index (χ2n) is 0.742. The first-order valence-corrected chi connectivity index (χ1v) is 1.48. The summed E-state index contributed by atoms with van der Waals surface area (Å²) < 4.78 is 0. The average molecular weight is 299 g/mol. The Balaban J connectivity index is 0. The fourth-order valence-electron chi connectivity index (χ4n) is 0.117. The molecule has 0 atom stereocenters. The molecule has 0 aromatic rings. The van der Waals surface area contributed by atoms with E-state index in [9.17, 15) is 4.79 Å². The van der Waals surface area contributed by atoms with Crippen molar-refractivity contribution >= 4 is 33.3 Å². The van der Waals surface area contributed by atoms with Crippen LogP contribution >= 0.6 is 0 Å². The summed E-state index contributed by atoms with van der Waals surface area (Å²) in [5.74, 6) is -0.433. The van der Waals surface area contributed by atoms with Crippen LogP contribution in [0.4, 0.5) is 0 Å². The van der Waals surface area contributed by atoms with Gasteiger partial charge in [0.05, 0.1) is 7.11 Å². The molecule has 0 aliphatic carbocycles. The molecule has 0 bridgehead atoms. The van der Waals surface area contributed by atoms with Gasteiger partial charge in [-0.2, -0.15) is 4.89 Å². The van der Waals surface area contributed by atoms with Gasteiger partial charge in [0.15, 0.2) is 0 Å². The molecular formula is C3H8O3Pb. The molecule has 7 heavy (non-hydrogen) atoms. The standard InChI is InChI=1S/C3H6O3.Pb.2H/c1-3(4)6-5-2;;;/h1-2H3;;;. The summed E-state index contributed by atoms with van der Waals surface area (Å²) in [6.45, 7) is 1.27. The summed E-state index contributed by atoms with van der Waals surface area (Å²) in [6, 6.07) is 0. The summed E-state index contributed by atoms with van der Waals surface area (Å²) in [5.41, 5.74) is 0. The molecule has 0 rings (SSSR count). The first kappa shape index (κ1) is 10.4. The zero-order valence-corrected chi connectivity index (χ0v) is 9.93. The number of hydrogen-bond donors (Lipinski definition) is 0. The van der Waals surface area contributed by atoms with Gasteiger partial charge in [-0.25, -0.2) is 4.79 Å². The molecule has 0 fully saturated rings. The summed E-state index contributed by atoms with van der Waals surface area (Å²) in [4.78, 5) is 17.6. The van der Waals surface area contributed by atoms with Gasteiger partial charge in [-0.1, -0.05) is 0 Å². The molecular weight excluding hydrogens is 291 g/mol. The van der Waals surface area contributed by atoms with Crippen LogP contribution in [-0.4, -0.2) is 40.4 Å². The van der Waals surface area contributed by atoms with Gasteiger partial charge in [0, 0.05) is 6.92 Å². The van der Waals surface area contributed by atoms with E-state index in [1.165, 1.54) is 14.0 Å². The summed E-state index contributed by atoms with van der Waals surface area (Å²) in [6.07, 6.45) is 0. The molecule has 0 aliphatic heterocycles. The minimum absolute atomic E-state index is 0. The molecule has 4 heteroatoms. The van der Waals surface area contributed by atoms with Crippen molar-refractivity contribution < 1.29 is 14.6 Å². The van der Waals surface area contributed by atoms with Crippen LogP contribution in [0.3, 0.4) is 0 Å². The zero-order chi connectivity index (χ0) is 4.99. The van der Waals surface area contributed by atoms with Crippen LogP contribution in [0.1, 0.15) is 6.92 Å².